The molecule has 2 saturated heterocycles. The monoisotopic (exact) mass is 400 g/mol. The number of nitro groups is 1. The van der Waals surface area contributed by atoms with Crippen molar-refractivity contribution < 1.29 is 19.2 Å². The summed E-state index contributed by atoms with van der Waals surface area (Å²) in [6.07, 6.45) is 0.918. The summed E-state index contributed by atoms with van der Waals surface area (Å²) < 4.78 is 10.3. The molecular formula is C17H25ClN4O5. The van der Waals surface area contributed by atoms with Gasteiger partial charge < -0.3 is 19.7 Å². The Morgan fingerprint density at radius 2 is 1.93 bits per heavy atom. The van der Waals surface area contributed by atoms with Crippen LogP contribution >= 0.6 is 12.4 Å². The first-order valence-electron chi connectivity index (χ1n) is 8.69. The average Bonchev–Trinajstić information content (AvgIpc) is 3.17. The van der Waals surface area contributed by atoms with Gasteiger partial charge in [0.15, 0.2) is 5.75 Å². The van der Waals surface area contributed by atoms with Crippen molar-refractivity contribution in [2.75, 3.05) is 53.5 Å². The molecule has 0 radical (unpaired) electrons. The third kappa shape index (κ3) is 4.42. The van der Waals surface area contributed by atoms with Gasteiger partial charge in [0.25, 0.3) is 5.91 Å². The molecule has 1 unspecified atom stereocenters. The van der Waals surface area contributed by atoms with Gasteiger partial charge in [-0.3, -0.25) is 19.8 Å². The number of amides is 1. The van der Waals surface area contributed by atoms with Crippen LogP contribution in [0.3, 0.4) is 0 Å². The maximum absolute atomic E-state index is 12.9. The predicted molar refractivity (Wildman–Crippen MR) is 102 cm³/mol. The van der Waals surface area contributed by atoms with Crippen LogP contribution in [0.2, 0.25) is 0 Å². The highest BCUT2D eigenvalue weighted by atomic mass is 35.5. The smallest absolute Gasteiger partial charge is 0.315 e. The molecule has 0 aliphatic carbocycles. The molecular weight excluding hydrogens is 376 g/mol. The van der Waals surface area contributed by atoms with E-state index >= 15 is 0 Å². The third-order valence-electron chi connectivity index (χ3n) is 5.02. The lowest BCUT2D eigenvalue weighted by atomic mass is 10.1. The molecule has 1 aromatic carbocycles. The van der Waals surface area contributed by atoms with Crippen molar-refractivity contribution in [2.45, 2.75) is 12.5 Å². The molecule has 1 amide bonds. The van der Waals surface area contributed by atoms with E-state index in [1.807, 2.05) is 0 Å². The summed E-state index contributed by atoms with van der Waals surface area (Å²) in [6.45, 7) is 5.18. The quantitative estimate of drug-likeness (QED) is 0.585. The number of piperazine rings is 1. The van der Waals surface area contributed by atoms with Gasteiger partial charge in [-0.05, 0) is 12.5 Å². The third-order valence-corrected chi connectivity index (χ3v) is 5.02. The van der Waals surface area contributed by atoms with Crippen LogP contribution < -0.4 is 14.8 Å². The van der Waals surface area contributed by atoms with Crippen LogP contribution in [-0.4, -0.2) is 80.2 Å². The number of benzene rings is 1. The second-order valence-corrected chi connectivity index (χ2v) is 6.47. The van der Waals surface area contributed by atoms with Crippen molar-refractivity contribution >= 4 is 24.0 Å². The Labute approximate surface area is 164 Å². The van der Waals surface area contributed by atoms with Crippen LogP contribution in [-0.2, 0) is 0 Å². The number of carbonyl (C=O) groups excluding carboxylic acids is 1. The molecule has 2 aliphatic heterocycles. The van der Waals surface area contributed by atoms with Crippen LogP contribution in [0.1, 0.15) is 16.8 Å². The van der Waals surface area contributed by atoms with Gasteiger partial charge >= 0.3 is 5.69 Å². The number of halogens is 1. The van der Waals surface area contributed by atoms with Crippen LogP contribution in [0.15, 0.2) is 12.1 Å². The van der Waals surface area contributed by atoms with Gasteiger partial charge in [0, 0.05) is 51.4 Å². The summed E-state index contributed by atoms with van der Waals surface area (Å²) in [5, 5.41) is 14.7. The van der Waals surface area contributed by atoms with Gasteiger partial charge in [0.2, 0.25) is 5.75 Å². The zero-order valence-electron chi connectivity index (χ0n) is 15.5. The average molecular weight is 401 g/mol. The standard InChI is InChI=1S/C17H24N4O5.ClH/c1-25-15-10-12(9-14(21(23)24)16(15)26-2)17(22)20-6-3-13(11-20)19-7-4-18-5-8-19;/h9-10,13,18H,3-8,11H2,1-2H3;1H. The van der Waals surface area contributed by atoms with Crippen molar-refractivity contribution in [1.29, 1.82) is 0 Å². The Kier molecular flexibility index (Phi) is 7.23. The van der Waals surface area contributed by atoms with E-state index in [1.54, 1.807) is 4.90 Å². The first-order valence-corrected chi connectivity index (χ1v) is 8.69. The van der Waals surface area contributed by atoms with Gasteiger partial charge in [0.1, 0.15) is 0 Å². The summed E-state index contributed by atoms with van der Waals surface area (Å²) in [5.74, 6) is -0.0104. The molecule has 0 aromatic heterocycles. The molecule has 0 bridgehead atoms. The van der Waals surface area contributed by atoms with Crippen molar-refractivity contribution in [3.8, 4) is 11.5 Å². The van der Waals surface area contributed by atoms with E-state index in [1.165, 1.54) is 26.4 Å². The molecule has 0 saturated carbocycles. The largest absolute Gasteiger partial charge is 0.493 e. The van der Waals surface area contributed by atoms with Crippen molar-refractivity contribution in [2.24, 2.45) is 0 Å². The SMILES string of the molecule is COc1cc(C(=O)N2CCC(N3CCNCC3)C2)cc([N+](=O)[O-])c1OC.Cl. The minimum Gasteiger partial charge on any atom is -0.493 e. The second kappa shape index (κ2) is 9.20. The number of nitrogens with one attached hydrogen (secondary N) is 1. The number of likely N-dealkylation sites (tertiary alicyclic amines) is 1. The zero-order valence-corrected chi connectivity index (χ0v) is 16.3. The second-order valence-electron chi connectivity index (χ2n) is 6.47. The molecule has 1 aromatic rings. The number of hydrogen-bond acceptors (Lipinski definition) is 7. The lowest BCUT2D eigenvalue weighted by Crippen LogP contribution is -2.49. The number of methoxy groups -OCH3 is 2. The van der Waals surface area contributed by atoms with E-state index in [2.05, 4.69) is 10.2 Å². The van der Waals surface area contributed by atoms with Crippen LogP contribution in [0, 0.1) is 10.1 Å². The minimum atomic E-state index is -0.564. The lowest BCUT2D eigenvalue weighted by molar-refractivity contribution is -0.385. The van der Waals surface area contributed by atoms with E-state index in [9.17, 15) is 14.9 Å². The molecule has 10 heteroatoms. The fraction of sp³-hybridized carbons (Fsp3) is 0.588. The number of nitro benzene ring substituents is 1. The normalized spacial score (nSPS) is 20.1. The summed E-state index contributed by atoms with van der Waals surface area (Å²) in [5.41, 5.74) is -0.0247. The van der Waals surface area contributed by atoms with Gasteiger partial charge in [-0.1, -0.05) is 0 Å². The highest BCUT2D eigenvalue weighted by Gasteiger charge is 2.33. The molecule has 9 nitrogen and oxygen atoms in total. The van der Waals surface area contributed by atoms with Crippen LogP contribution in [0.4, 0.5) is 5.69 Å². The fourth-order valence-electron chi connectivity index (χ4n) is 3.66. The van der Waals surface area contributed by atoms with E-state index in [0.29, 0.717) is 19.1 Å². The van der Waals surface area contributed by atoms with Gasteiger partial charge in [-0.15, -0.1) is 12.4 Å². The molecule has 2 aliphatic rings. The van der Waals surface area contributed by atoms with Crippen molar-refractivity contribution in [3.05, 3.63) is 27.8 Å². The van der Waals surface area contributed by atoms with Crippen LogP contribution in [0.5, 0.6) is 11.5 Å². The Bertz CT molecular complexity index is 696. The summed E-state index contributed by atoms with van der Waals surface area (Å²) >= 11 is 0. The van der Waals surface area contributed by atoms with E-state index in [4.69, 9.17) is 9.47 Å². The molecule has 3 rings (SSSR count). The Morgan fingerprint density at radius 1 is 1.22 bits per heavy atom. The maximum atomic E-state index is 12.9. The van der Waals surface area contributed by atoms with E-state index in [0.717, 1.165) is 32.6 Å². The van der Waals surface area contributed by atoms with Gasteiger partial charge in [0.05, 0.1) is 24.7 Å². The summed E-state index contributed by atoms with van der Waals surface area (Å²) in [6, 6.07) is 3.12. The van der Waals surface area contributed by atoms with Gasteiger partial charge in [-0.25, -0.2) is 0 Å². The van der Waals surface area contributed by atoms with Crippen molar-refractivity contribution in [1.82, 2.24) is 15.1 Å². The predicted octanol–water partition coefficient (Wildman–Crippen LogP) is 1.15. The highest BCUT2D eigenvalue weighted by molar-refractivity contribution is 5.96. The topological polar surface area (TPSA) is 97.2 Å². The van der Waals surface area contributed by atoms with E-state index in [-0.39, 0.29) is 41.1 Å². The van der Waals surface area contributed by atoms with Crippen molar-refractivity contribution in [3.63, 3.8) is 0 Å². The molecule has 0 spiro atoms. The Morgan fingerprint density at radius 3 is 2.52 bits per heavy atom. The molecule has 27 heavy (non-hydrogen) atoms. The highest BCUT2D eigenvalue weighted by Crippen LogP contribution is 2.38. The number of ether oxygens (including phenoxy) is 2. The van der Waals surface area contributed by atoms with E-state index < -0.39 is 4.92 Å². The molecule has 2 fully saturated rings. The van der Waals surface area contributed by atoms with Crippen LogP contribution in [0.25, 0.3) is 0 Å². The van der Waals surface area contributed by atoms with Gasteiger partial charge in [-0.2, -0.15) is 0 Å². The Hall–Kier alpha value is -2.10. The summed E-state index contributed by atoms with van der Waals surface area (Å²) in [7, 11) is 2.73. The molecule has 1 N–H and O–H groups in total. The minimum absolute atomic E-state index is 0. The maximum Gasteiger partial charge on any atom is 0.315 e. The number of nitrogens with zero attached hydrogens (tertiary/aromatic N) is 3. The number of carbonyl (C=O) groups is 1. The first-order chi connectivity index (χ1) is 12.5. The fourth-order valence-corrected chi connectivity index (χ4v) is 3.66. The molecule has 150 valence electrons. The lowest BCUT2D eigenvalue weighted by Gasteiger charge is -2.32. The number of hydrogen-bond donors (Lipinski definition) is 1. The first kappa shape index (κ1) is 21.2. The molecule has 1 atom stereocenters. The summed E-state index contributed by atoms with van der Waals surface area (Å²) in [4.78, 5) is 27.8. The number of rotatable bonds is 5. The zero-order chi connectivity index (χ0) is 18.7. The Balaban J connectivity index is 0.00000261. The molecule has 2 heterocycles.